The number of benzene rings is 2. The highest BCUT2D eigenvalue weighted by Gasteiger charge is 2.09. The summed E-state index contributed by atoms with van der Waals surface area (Å²) in [4.78, 5) is 11.8. The van der Waals surface area contributed by atoms with Crippen molar-refractivity contribution in [3.8, 4) is 11.5 Å². The van der Waals surface area contributed by atoms with Gasteiger partial charge in [0.15, 0.2) is 0 Å². The number of hydrogen-bond donors (Lipinski definition) is 1. The summed E-state index contributed by atoms with van der Waals surface area (Å²) >= 11 is 0. The van der Waals surface area contributed by atoms with E-state index in [4.69, 9.17) is 9.84 Å². The Balaban J connectivity index is 2.17. The zero-order valence-electron chi connectivity index (χ0n) is 9.38. The minimum absolute atomic E-state index is 0.123. The van der Waals surface area contributed by atoms with Crippen LogP contribution in [0, 0.1) is 6.92 Å². The normalized spacial score (nSPS) is 9.94. The van der Waals surface area contributed by atoms with Crippen molar-refractivity contribution >= 4 is 5.97 Å². The molecule has 0 unspecified atom stereocenters. The van der Waals surface area contributed by atoms with Crippen molar-refractivity contribution in [1.29, 1.82) is 0 Å². The van der Waals surface area contributed by atoms with E-state index in [1.807, 2.05) is 25.1 Å². The smallest absolute Gasteiger partial charge is 0.343 e. The summed E-state index contributed by atoms with van der Waals surface area (Å²) < 4.78 is 5.25. The Labute approximate surface area is 99.3 Å². The number of phenolic OH excluding ortho intramolecular Hbond substituents is 1. The lowest BCUT2D eigenvalue weighted by Crippen LogP contribution is -2.08. The summed E-state index contributed by atoms with van der Waals surface area (Å²) in [5.74, 6) is 0.238. The first-order valence-corrected chi connectivity index (χ1v) is 5.23. The predicted octanol–water partition coefficient (Wildman–Crippen LogP) is 2.92. The first-order chi connectivity index (χ1) is 8.16. The summed E-state index contributed by atoms with van der Waals surface area (Å²) in [5, 5.41) is 9.12. The molecule has 1 N–H and O–H groups in total. The second-order valence-corrected chi connectivity index (χ2v) is 3.70. The molecule has 2 aromatic rings. The summed E-state index contributed by atoms with van der Waals surface area (Å²) in [6.07, 6.45) is 0. The van der Waals surface area contributed by atoms with Crippen molar-refractivity contribution < 1.29 is 14.6 Å². The molecule has 0 atom stereocenters. The van der Waals surface area contributed by atoms with Crippen molar-refractivity contribution in [3.63, 3.8) is 0 Å². The van der Waals surface area contributed by atoms with E-state index in [1.54, 1.807) is 6.07 Å². The van der Waals surface area contributed by atoms with Crippen LogP contribution in [0.4, 0.5) is 0 Å². The lowest BCUT2D eigenvalue weighted by atomic mass is 10.2. The quantitative estimate of drug-likeness (QED) is 0.635. The lowest BCUT2D eigenvalue weighted by Gasteiger charge is -2.06. The number of aryl methyl sites for hydroxylation is 1. The molecule has 0 saturated heterocycles. The minimum atomic E-state index is -0.431. The zero-order valence-corrected chi connectivity index (χ0v) is 9.38. The van der Waals surface area contributed by atoms with Gasteiger partial charge < -0.3 is 9.84 Å². The first-order valence-electron chi connectivity index (χ1n) is 5.23. The largest absolute Gasteiger partial charge is 0.508 e. The summed E-state index contributed by atoms with van der Waals surface area (Å²) in [6.45, 7) is 1.87. The highest BCUT2D eigenvalue weighted by atomic mass is 16.5. The summed E-state index contributed by atoms with van der Waals surface area (Å²) in [6, 6.07) is 13.3. The number of rotatable bonds is 2. The van der Waals surface area contributed by atoms with Crippen LogP contribution in [0.25, 0.3) is 0 Å². The van der Waals surface area contributed by atoms with Crippen molar-refractivity contribution in [2.75, 3.05) is 0 Å². The van der Waals surface area contributed by atoms with E-state index >= 15 is 0 Å². The first kappa shape index (κ1) is 11.2. The van der Waals surface area contributed by atoms with Gasteiger partial charge in [-0.05, 0) is 42.8 Å². The van der Waals surface area contributed by atoms with Crippen LogP contribution in [-0.4, -0.2) is 11.1 Å². The molecule has 2 rings (SSSR count). The molecule has 2 aromatic carbocycles. The molecule has 86 valence electrons. The van der Waals surface area contributed by atoms with Gasteiger partial charge in [-0.1, -0.05) is 18.2 Å². The van der Waals surface area contributed by atoms with Gasteiger partial charge in [0.1, 0.15) is 11.5 Å². The number of hydrogen-bond acceptors (Lipinski definition) is 3. The van der Waals surface area contributed by atoms with Crippen molar-refractivity contribution in [3.05, 3.63) is 59.7 Å². The number of aromatic hydroxyl groups is 1. The molecule has 0 aliphatic carbocycles. The van der Waals surface area contributed by atoms with Gasteiger partial charge in [-0.2, -0.15) is 0 Å². The van der Waals surface area contributed by atoms with Crippen LogP contribution >= 0.6 is 0 Å². The topological polar surface area (TPSA) is 46.5 Å². The number of phenols is 1. The molecule has 0 heterocycles. The maximum atomic E-state index is 11.8. The molecule has 0 aromatic heterocycles. The Bertz CT molecular complexity index is 529. The molecule has 0 amide bonds. The van der Waals surface area contributed by atoms with Gasteiger partial charge in [-0.3, -0.25) is 0 Å². The van der Waals surface area contributed by atoms with Crippen LogP contribution in [0.1, 0.15) is 15.9 Å². The third-order valence-electron chi connectivity index (χ3n) is 2.40. The van der Waals surface area contributed by atoms with Crippen LogP contribution in [0.2, 0.25) is 0 Å². The molecule has 0 spiro atoms. The van der Waals surface area contributed by atoms with Gasteiger partial charge in [0, 0.05) is 0 Å². The molecule has 3 heteroatoms. The van der Waals surface area contributed by atoms with Crippen LogP contribution < -0.4 is 4.74 Å². The summed E-state index contributed by atoms with van der Waals surface area (Å²) in [7, 11) is 0. The molecule has 0 saturated carbocycles. The van der Waals surface area contributed by atoms with Gasteiger partial charge in [0.05, 0.1) is 5.56 Å². The van der Waals surface area contributed by atoms with E-state index in [1.165, 1.54) is 24.3 Å². The lowest BCUT2D eigenvalue weighted by molar-refractivity contribution is 0.0733. The van der Waals surface area contributed by atoms with E-state index in [0.717, 1.165) is 5.56 Å². The SMILES string of the molecule is Cc1ccccc1OC(=O)c1ccc(O)cc1. The monoisotopic (exact) mass is 228 g/mol. The maximum absolute atomic E-state index is 11.8. The van der Waals surface area contributed by atoms with Crippen molar-refractivity contribution in [1.82, 2.24) is 0 Å². The molecule has 0 bridgehead atoms. The van der Waals surface area contributed by atoms with E-state index in [2.05, 4.69) is 0 Å². The molecular formula is C14H12O3. The Hall–Kier alpha value is -2.29. The van der Waals surface area contributed by atoms with Crippen molar-refractivity contribution in [2.24, 2.45) is 0 Å². The number of ether oxygens (including phenoxy) is 1. The van der Waals surface area contributed by atoms with Gasteiger partial charge >= 0.3 is 5.97 Å². The third-order valence-corrected chi connectivity index (χ3v) is 2.40. The number of carbonyl (C=O) groups is 1. The van der Waals surface area contributed by atoms with Crippen LogP contribution in [-0.2, 0) is 0 Å². The Morgan fingerprint density at radius 2 is 1.71 bits per heavy atom. The number of esters is 1. The number of carbonyl (C=O) groups excluding carboxylic acids is 1. The fraction of sp³-hybridized carbons (Fsp3) is 0.0714. The molecule has 0 radical (unpaired) electrons. The van der Waals surface area contributed by atoms with Gasteiger partial charge in [-0.25, -0.2) is 4.79 Å². The van der Waals surface area contributed by atoms with E-state index in [-0.39, 0.29) is 5.75 Å². The fourth-order valence-electron chi connectivity index (χ4n) is 1.43. The minimum Gasteiger partial charge on any atom is -0.508 e. The summed E-state index contributed by atoms with van der Waals surface area (Å²) in [5.41, 5.74) is 1.31. The zero-order chi connectivity index (χ0) is 12.3. The van der Waals surface area contributed by atoms with Crippen molar-refractivity contribution in [2.45, 2.75) is 6.92 Å². The van der Waals surface area contributed by atoms with Gasteiger partial charge in [0.2, 0.25) is 0 Å². The second kappa shape index (κ2) is 4.70. The molecule has 0 fully saturated rings. The van der Waals surface area contributed by atoms with E-state index in [9.17, 15) is 4.79 Å². The van der Waals surface area contributed by atoms with E-state index in [0.29, 0.717) is 11.3 Å². The average Bonchev–Trinajstić information content (AvgIpc) is 2.33. The standard InChI is InChI=1S/C14H12O3/c1-10-4-2-3-5-13(10)17-14(16)11-6-8-12(15)9-7-11/h2-9,15H,1H3. The molecule has 0 aliphatic rings. The van der Waals surface area contributed by atoms with Crippen LogP contribution in [0.15, 0.2) is 48.5 Å². The van der Waals surface area contributed by atoms with E-state index < -0.39 is 5.97 Å². The second-order valence-electron chi connectivity index (χ2n) is 3.70. The fourth-order valence-corrected chi connectivity index (χ4v) is 1.43. The highest BCUT2D eigenvalue weighted by Crippen LogP contribution is 2.18. The third kappa shape index (κ3) is 2.64. The number of para-hydroxylation sites is 1. The molecule has 17 heavy (non-hydrogen) atoms. The Morgan fingerprint density at radius 3 is 2.35 bits per heavy atom. The van der Waals surface area contributed by atoms with Gasteiger partial charge in [0.25, 0.3) is 0 Å². The highest BCUT2D eigenvalue weighted by molar-refractivity contribution is 5.91. The molecule has 0 aliphatic heterocycles. The predicted molar refractivity (Wildman–Crippen MR) is 64.2 cm³/mol. The molecule has 3 nitrogen and oxygen atoms in total. The average molecular weight is 228 g/mol. The van der Waals surface area contributed by atoms with Crippen LogP contribution in [0.3, 0.4) is 0 Å². The Morgan fingerprint density at radius 1 is 1.06 bits per heavy atom. The van der Waals surface area contributed by atoms with Gasteiger partial charge in [-0.15, -0.1) is 0 Å². The van der Waals surface area contributed by atoms with Crippen LogP contribution in [0.5, 0.6) is 11.5 Å². The Kier molecular flexibility index (Phi) is 3.10. The maximum Gasteiger partial charge on any atom is 0.343 e. The molecular weight excluding hydrogens is 216 g/mol.